The Balaban J connectivity index is 2.22. The molecule has 94 valence electrons. The zero-order valence-electron chi connectivity index (χ0n) is 10.5. The highest BCUT2D eigenvalue weighted by Crippen LogP contribution is 2.18. The maximum absolute atomic E-state index is 12.1. The van der Waals surface area contributed by atoms with Crippen molar-refractivity contribution in [2.45, 2.75) is 13.8 Å². The first-order chi connectivity index (χ1) is 8.47. The molecule has 0 aliphatic carbocycles. The first-order valence-corrected chi connectivity index (χ1v) is 6.35. The molecule has 0 aliphatic rings. The van der Waals surface area contributed by atoms with Gasteiger partial charge in [-0.15, -0.1) is 0 Å². The smallest absolute Gasteiger partial charge is 0.256 e. The summed E-state index contributed by atoms with van der Waals surface area (Å²) >= 11 is 3.41. The summed E-state index contributed by atoms with van der Waals surface area (Å²) in [6, 6.07) is 7.35. The lowest BCUT2D eigenvalue weighted by molar-refractivity contribution is 0.102. The molecule has 1 aromatic carbocycles. The van der Waals surface area contributed by atoms with Crippen LogP contribution in [-0.4, -0.2) is 15.7 Å². The molecular formula is C13H14BrN3O. The number of hydrogen-bond acceptors (Lipinski definition) is 2. The summed E-state index contributed by atoms with van der Waals surface area (Å²) in [5, 5.41) is 7.02. The van der Waals surface area contributed by atoms with Gasteiger partial charge in [-0.25, -0.2) is 0 Å². The lowest BCUT2D eigenvalue weighted by atomic mass is 10.1. The molecule has 0 spiro atoms. The lowest BCUT2D eigenvalue weighted by Crippen LogP contribution is -2.14. The maximum atomic E-state index is 12.1. The summed E-state index contributed by atoms with van der Waals surface area (Å²) in [5.41, 5.74) is 2.54. The number of hydrogen-bond donors (Lipinski definition) is 1. The fourth-order valence-electron chi connectivity index (χ4n) is 1.70. The van der Waals surface area contributed by atoms with Crippen LogP contribution in [0.15, 0.2) is 28.7 Å². The Bertz CT molecular complexity index is 604. The van der Waals surface area contributed by atoms with Crippen LogP contribution < -0.4 is 5.32 Å². The van der Waals surface area contributed by atoms with E-state index in [0.717, 1.165) is 15.7 Å². The van der Waals surface area contributed by atoms with Crippen LogP contribution >= 0.6 is 15.9 Å². The molecule has 1 amide bonds. The highest BCUT2D eigenvalue weighted by Gasteiger charge is 2.10. The fraction of sp³-hybridized carbons (Fsp3) is 0.231. The Hall–Kier alpha value is -1.62. The quantitative estimate of drug-likeness (QED) is 0.927. The van der Waals surface area contributed by atoms with Crippen molar-refractivity contribution in [1.82, 2.24) is 9.78 Å². The third-order valence-electron chi connectivity index (χ3n) is 2.66. The number of halogens is 1. The van der Waals surface area contributed by atoms with Crippen LogP contribution in [0, 0.1) is 13.8 Å². The summed E-state index contributed by atoms with van der Waals surface area (Å²) in [5.74, 6) is 0.562. The van der Waals surface area contributed by atoms with Crippen molar-refractivity contribution in [1.29, 1.82) is 0 Å². The number of carbonyl (C=O) groups is 1. The normalized spacial score (nSPS) is 10.4. The number of rotatable bonds is 2. The molecule has 2 aromatic rings. The van der Waals surface area contributed by atoms with Crippen LogP contribution in [-0.2, 0) is 7.05 Å². The number of aryl methyl sites for hydroxylation is 3. The van der Waals surface area contributed by atoms with Gasteiger partial charge < -0.3 is 5.32 Å². The van der Waals surface area contributed by atoms with Gasteiger partial charge in [-0.3, -0.25) is 9.48 Å². The molecule has 0 atom stereocenters. The van der Waals surface area contributed by atoms with Crippen LogP contribution in [0.1, 0.15) is 21.6 Å². The minimum Gasteiger partial charge on any atom is -0.307 e. The van der Waals surface area contributed by atoms with Crippen LogP contribution in [0.4, 0.5) is 5.82 Å². The van der Waals surface area contributed by atoms with Gasteiger partial charge in [0.1, 0.15) is 5.82 Å². The van der Waals surface area contributed by atoms with Gasteiger partial charge in [0, 0.05) is 23.2 Å². The molecule has 1 aromatic heterocycles. The van der Waals surface area contributed by atoms with Gasteiger partial charge >= 0.3 is 0 Å². The molecule has 0 unspecified atom stereocenters. The van der Waals surface area contributed by atoms with E-state index in [9.17, 15) is 4.79 Å². The van der Waals surface area contributed by atoms with Crippen LogP contribution in [0.5, 0.6) is 0 Å². The van der Waals surface area contributed by atoms with Gasteiger partial charge in [-0.05, 0) is 37.6 Å². The topological polar surface area (TPSA) is 46.9 Å². The first-order valence-electron chi connectivity index (χ1n) is 5.55. The van der Waals surface area contributed by atoms with Crippen LogP contribution in [0.25, 0.3) is 0 Å². The minimum atomic E-state index is -0.131. The molecule has 1 N–H and O–H groups in total. The predicted molar refractivity (Wildman–Crippen MR) is 74.8 cm³/mol. The largest absolute Gasteiger partial charge is 0.307 e. The first kappa shape index (κ1) is 12.8. The third kappa shape index (κ3) is 2.61. The van der Waals surface area contributed by atoms with E-state index in [0.29, 0.717) is 11.4 Å². The second-order valence-corrected chi connectivity index (χ2v) is 5.07. The predicted octanol–water partition coefficient (Wildman–Crippen LogP) is 3.05. The molecule has 0 saturated heterocycles. The number of benzene rings is 1. The van der Waals surface area contributed by atoms with E-state index in [4.69, 9.17) is 0 Å². The molecule has 1 heterocycles. The molecule has 0 aliphatic heterocycles. The number of anilines is 1. The molecule has 0 radical (unpaired) electrons. The van der Waals surface area contributed by atoms with Crippen molar-refractivity contribution >= 4 is 27.7 Å². The monoisotopic (exact) mass is 307 g/mol. The molecule has 0 bridgehead atoms. The number of nitrogens with zero attached hydrogens (tertiary/aromatic N) is 2. The van der Waals surface area contributed by atoms with E-state index >= 15 is 0 Å². The maximum Gasteiger partial charge on any atom is 0.256 e. The zero-order chi connectivity index (χ0) is 13.3. The van der Waals surface area contributed by atoms with E-state index in [1.165, 1.54) is 0 Å². The van der Waals surface area contributed by atoms with Gasteiger partial charge in [0.15, 0.2) is 0 Å². The second-order valence-electron chi connectivity index (χ2n) is 4.21. The molecule has 4 nitrogen and oxygen atoms in total. The number of aromatic nitrogens is 2. The van der Waals surface area contributed by atoms with Crippen LogP contribution in [0.2, 0.25) is 0 Å². The SMILES string of the molecule is Cc1cc(NC(=O)c2ccc(Br)c(C)c2)n(C)n1. The molecule has 0 fully saturated rings. The minimum absolute atomic E-state index is 0.131. The number of nitrogens with one attached hydrogen (secondary N) is 1. The number of amides is 1. The van der Waals surface area contributed by atoms with Crippen molar-refractivity contribution < 1.29 is 4.79 Å². The summed E-state index contributed by atoms with van der Waals surface area (Å²) in [6.07, 6.45) is 0. The van der Waals surface area contributed by atoms with Crippen molar-refractivity contribution in [2.75, 3.05) is 5.32 Å². The molecular weight excluding hydrogens is 294 g/mol. The zero-order valence-corrected chi connectivity index (χ0v) is 12.1. The fourth-order valence-corrected chi connectivity index (χ4v) is 1.95. The van der Waals surface area contributed by atoms with Gasteiger partial charge in [-0.2, -0.15) is 5.10 Å². The Labute approximate surface area is 114 Å². The Morgan fingerprint density at radius 1 is 1.33 bits per heavy atom. The summed E-state index contributed by atoms with van der Waals surface area (Å²) < 4.78 is 2.65. The van der Waals surface area contributed by atoms with Gasteiger partial charge in [-0.1, -0.05) is 15.9 Å². The molecule has 5 heteroatoms. The highest BCUT2D eigenvalue weighted by molar-refractivity contribution is 9.10. The van der Waals surface area contributed by atoms with Crippen molar-refractivity contribution in [3.05, 3.63) is 45.6 Å². The highest BCUT2D eigenvalue weighted by atomic mass is 79.9. The Kier molecular flexibility index (Phi) is 3.52. The Morgan fingerprint density at radius 2 is 2.06 bits per heavy atom. The van der Waals surface area contributed by atoms with E-state index in [1.54, 1.807) is 17.8 Å². The van der Waals surface area contributed by atoms with E-state index < -0.39 is 0 Å². The van der Waals surface area contributed by atoms with Crippen LogP contribution in [0.3, 0.4) is 0 Å². The third-order valence-corrected chi connectivity index (χ3v) is 3.55. The molecule has 18 heavy (non-hydrogen) atoms. The van der Waals surface area contributed by atoms with Gasteiger partial charge in [0.25, 0.3) is 5.91 Å². The summed E-state index contributed by atoms with van der Waals surface area (Å²) in [4.78, 5) is 12.1. The lowest BCUT2D eigenvalue weighted by Gasteiger charge is -2.06. The van der Waals surface area contributed by atoms with Crippen molar-refractivity contribution in [2.24, 2.45) is 7.05 Å². The Morgan fingerprint density at radius 3 is 2.61 bits per heavy atom. The van der Waals surface area contributed by atoms with E-state index in [2.05, 4.69) is 26.3 Å². The van der Waals surface area contributed by atoms with Crippen molar-refractivity contribution in [3.63, 3.8) is 0 Å². The average molecular weight is 308 g/mol. The van der Waals surface area contributed by atoms with Gasteiger partial charge in [0.05, 0.1) is 5.69 Å². The average Bonchev–Trinajstić information content (AvgIpc) is 2.61. The van der Waals surface area contributed by atoms with E-state index in [1.807, 2.05) is 32.0 Å². The molecule has 2 rings (SSSR count). The summed E-state index contributed by atoms with van der Waals surface area (Å²) in [6.45, 7) is 3.84. The van der Waals surface area contributed by atoms with Gasteiger partial charge in [0.2, 0.25) is 0 Å². The molecule has 0 saturated carbocycles. The summed E-state index contributed by atoms with van der Waals surface area (Å²) in [7, 11) is 1.80. The van der Waals surface area contributed by atoms with Crippen molar-refractivity contribution in [3.8, 4) is 0 Å². The second kappa shape index (κ2) is 4.94. The standard InChI is InChI=1S/C13H14BrN3O/c1-8-6-10(4-5-11(8)14)13(18)15-12-7-9(2)16-17(12)3/h4-7H,1-3H3,(H,15,18). The van der Waals surface area contributed by atoms with E-state index in [-0.39, 0.29) is 5.91 Å². The number of carbonyl (C=O) groups excluding carboxylic acids is 1.